The largest absolute Gasteiger partial charge is 0.456 e. The Morgan fingerprint density at radius 2 is 1.24 bits per heavy atom. The molecule has 0 radical (unpaired) electrons. The predicted octanol–water partition coefficient (Wildman–Crippen LogP) is 6.21. The zero-order chi connectivity index (χ0) is 43.0. The first kappa shape index (κ1) is 43.8. The SMILES string of the molecule is C=C(C=O)CC1CC(C)C2OC3CC4OC5CC6OC7CCC8OC9CC%10OC%11C(C)=CC(=O)OC%11CC%10OC9C[C@@H](C)C8OC7CC6OC5(C)C/C=C\C4OC3CC2O1.CC. The van der Waals surface area contributed by atoms with Crippen molar-refractivity contribution in [1.29, 1.82) is 0 Å². The van der Waals surface area contributed by atoms with Crippen LogP contribution in [0.3, 0.4) is 0 Å². The Bertz CT molecular complexity index is 1730. The number of fused-ring (bicyclic) bond motifs is 10. The van der Waals surface area contributed by atoms with Gasteiger partial charge in [0.05, 0.1) is 109 Å². The Hall–Kier alpha value is -2.04. The molecule has 0 N–H and O–H groups in total. The van der Waals surface area contributed by atoms with E-state index in [0.29, 0.717) is 30.8 Å². The maximum Gasteiger partial charge on any atom is 0.331 e. The minimum absolute atomic E-state index is 0.0149. The third-order valence-electron chi connectivity index (χ3n) is 16.1. The van der Waals surface area contributed by atoms with Crippen LogP contribution in [0.25, 0.3) is 0 Å². The summed E-state index contributed by atoms with van der Waals surface area (Å²) in [5, 5.41) is 0. The van der Waals surface area contributed by atoms with Crippen LogP contribution < -0.4 is 0 Å². The van der Waals surface area contributed by atoms with Crippen molar-refractivity contribution in [3.63, 3.8) is 0 Å². The molecule has 0 aromatic heterocycles. The molecule has 11 heterocycles. The molecule has 22 unspecified atom stereocenters. The van der Waals surface area contributed by atoms with Crippen LogP contribution in [0.4, 0.5) is 0 Å². The highest BCUT2D eigenvalue weighted by Gasteiger charge is 2.57. The van der Waals surface area contributed by atoms with Crippen molar-refractivity contribution < 1.29 is 61.7 Å². The molecule has 0 spiro atoms. The summed E-state index contributed by atoms with van der Waals surface area (Å²) in [6.45, 7) is 16.5. The lowest BCUT2D eigenvalue weighted by Crippen LogP contribution is -2.64. The number of ether oxygens (including phenoxy) is 11. The van der Waals surface area contributed by atoms with Gasteiger partial charge >= 0.3 is 5.97 Å². The Kier molecular flexibility index (Phi) is 12.5. The van der Waals surface area contributed by atoms with E-state index >= 15 is 0 Å². The van der Waals surface area contributed by atoms with Crippen LogP contribution in [-0.2, 0) is 61.7 Å². The number of carbonyl (C=O) groups is 2. The molecule has 9 fully saturated rings. The number of hydrogen-bond donors (Lipinski definition) is 0. The van der Waals surface area contributed by atoms with Crippen LogP contribution in [-0.4, -0.2) is 140 Å². The Labute approximate surface area is 367 Å². The minimum Gasteiger partial charge on any atom is -0.456 e. The highest BCUT2D eigenvalue weighted by Crippen LogP contribution is 2.49. The van der Waals surface area contributed by atoms with Gasteiger partial charge in [0, 0.05) is 51.0 Å². The molecule has 11 rings (SSSR count). The number of aldehydes is 1. The third-order valence-corrected chi connectivity index (χ3v) is 16.1. The van der Waals surface area contributed by atoms with Crippen LogP contribution in [0.2, 0.25) is 0 Å². The van der Waals surface area contributed by atoms with Crippen molar-refractivity contribution in [3.05, 3.63) is 36.0 Å². The molecule has 13 heteroatoms. The normalized spacial score (nSPS) is 53.3. The molecule has 0 aliphatic carbocycles. The van der Waals surface area contributed by atoms with Crippen molar-refractivity contribution in [2.24, 2.45) is 11.8 Å². The number of carbonyl (C=O) groups excluding carboxylic acids is 2. The highest BCUT2D eigenvalue weighted by molar-refractivity contribution is 5.84. The second-order valence-electron chi connectivity index (χ2n) is 20.5. The summed E-state index contributed by atoms with van der Waals surface area (Å²) in [7, 11) is 0. The van der Waals surface area contributed by atoms with Crippen LogP contribution in [0.15, 0.2) is 36.0 Å². The van der Waals surface area contributed by atoms with Gasteiger partial charge in [0.2, 0.25) is 0 Å². The van der Waals surface area contributed by atoms with Crippen molar-refractivity contribution in [2.45, 2.75) is 246 Å². The van der Waals surface area contributed by atoms with Gasteiger partial charge in [-0.1, -0.05) is 46.4 Å². The Morgan fingerprint density at radius 3 is 2.05 bits per heavy atom. The first-order valence-electron chi connectivity index (χ1n) is 24.2. The number of rotatable bonds is 3. The van der Waals surface area contributed by atoms with Gasteiger partial charge in [-0.2, -0.15) is 0 Å². The third kappa shape index (κ3) is 8.25. The van der Waals surface area contributed by atoms with Crippen LogP contribution in [0.1, 0.15) is 119 Å². The van der Waals surface area contributed by atoms with Crippen molar-refractivity contribution in [3.8, 4) is 0 Å². The van der Waals surface area contributed by atoms with E-state index in [4.69, 9.17) is 52.1 Å². The number of esters is 1. The monoisotopic (exact) mass is 866 g/mol. The van der Waals surface area contributed by atoms with E-state index in [1.807, 2.05) is 20.8 Å². The molecule has 0 aromatic carbocycles. The molecule has 0 bridgehead atoms. The quantitative estimate of drug-likeness (QED) is 0.138. The molecule has 0 aromatic rings. The van der Waals surface area contributed by atoms with E-state index in [1.165, 1.54) is 0 Å². The summed E-state index contributed by atoms with van der Waals surface area (Å²) in [4.78, 5) is 23.4. The first-order chi connectivity index (χ1) is 30.0. The van der Waals surface area contributed by atoms with Gasteiger partial charge in [-0.3, -0.25) is 4.79 Å². The van der Waals surface area contributed by atoms with Gasteiger partial charge in [0.1, 0.15) is 24.6 Å². The van der Waals surface area contributed by atoms with Gasteiger partial charge in [0.25, 0.3) is 0 Å². The summed E-state index contributed by atoms with van der Waals surface area (Å²) in [5.74, 6) is 0.220. The van der Waals surface area contributed by atoms with Crippen LogP contribution in [0, 0.1) is 11.8 Å². The lowest BCUT2D eigenvalue weighted by Gasteiger charge is -2.55. The van der Waals surface area contributed by atoms with Gasteiger partial charge in [-0.05, 0) is 68.9 Å². The van der Waals surface area contributed by atoms with Crippen LogP contribution in [0.5, 0.6) is 0 Å². The van der Waals surface area contributed by atoms with E-state index in [-0.39, 0.29) is 134 Å². The molecule has 23 atom stereocenters. The summed E-state index contributed by atoms with van der Waals surface area (Å²) in [5.41, 5.74) is 0.961. The standard InChI is InChI=1S/C47H64O13.C2H6/c1-22(21-48)11-26-12-23(2)45-40(50-26)18-34-36(58-45)15-31-27(51-34)7-6-10-47(5)42(55-31)20-38-39(60-47)17-32-28(52-38)8-9-29-44(57-32)24(3)13-30-33(53-29)16-37-35(54-30)19-41-46(59-37)25(4)14-43(49)56-41;1-2/h6-7,14,21,23-24,26-42,44-46H,1,8-13,15-20H2,2-5H3;1-2H3/b7-6-;/t23?,24-,26?,27?,28?,29?,30?,31?,32?,33?,34?,35?,36?,37?,38?,39?,40?,41?,42?,44?,45?,46?,47?;/m1./s1. The Balaban J connectivity index is 0.00000226. The molecular weight excluding hydrogens is 797 g/mol. The molecule has 62 heavy (non-hydrogen) atoms. The summed E-state index contributed by atoms with van der Waals surface area (Å²) in [6, 6.07) is 0. The average molecular weight is 867 g/mol. The van der Waals surface area contributed by atoms with Crippen molar-refractivity contribution in [1.82, 2.24) is 0 Å². The maximum absolute atomic E-state index is 12.1. The fraction of sp³-hybridized carbons (Fsp3) is 0.837. The fourth-order valence-corrected chi connectivity index (χ4v) is 13.1. The molecule has 11 aliphatic rings. The van der Waals surface area contributed by atoms with Crippen LogP contribution >= 0.6 is 0 Å². The van der Waals surface area contributed by atoms with Crippen molar-refractivity contribution in [2.75, 3.05) is 0 Å². The fourth-order valence-electron chi connectivity index (χ4n) is 13.1. The molecule has 11 aliphatic heterocycles. The van der Waals surface area contributed by atoms with Gasteiger partial charge in [-0.25, -0.2) is 4.79 Å². The molecule has 0 amide bonds. The molecule has 344 valence electrons. The zero-order valence-electron chi connectivity index (χ0n) is 37.5. The molecular formula is C49H70O13. The second kappa shape index (κ2) is 17.6. The van der Waals surface area contributed by atoms with Crippen molar-refractivity contribution >= 4 is 12.3 Å². The Morgan fingerprint density at radius 1 is 0.661 bits per heavy atom. The summed E-state index contributed by atoms with van der Waals surface area (Å²) < 4.78 is 74.4. The van der Waals surface area contributed by atoms with Gasteiger partial charge < -0.3 is 52.1 Å². The van der Waals surface area contributed by atoms with Gasteiger partial charge in [0.15, 0.2) is 0 Å². The molecule has 13 nitrogen and oxygen atoms in total. The minimum atomic E-state index is -0.525. The van der Waals surface area contributed by atoms with E-state index < -0.39 is 5.60 Å². The zero-order valence-corrected chi connectivity index (χ0v) is 37.5. The lowest BCUT2D eigenvalue weighted by atomic mass is 9.80. The molecule has 0 saturated carbocycles. The van der Waals surface area contributed by atoms with E-state index in [9.17, 15) is 9.59 Å². The first-order valence-corrected chi connectivity index (χ1v) is 24.2. The average Bonchev–Trinajstić information content (AvgIpc) is 3.48. The van der Waals surface area contributed by atoms with E-state index in [2.05, 4.69) is 39.5 Å². The predicted molar refractivity (Wildman–Crippen MR) is 224 cm³/mol. The highest BCUT2D eigenvalue weighted by atomic mass is 16.6. The summed E-state index contributed by atoms with van der Waals surface area (Å²) in [6.07, 6.45) is 13.6. The van der Waals surface area contributed by atoms with E-state index in [1.54, 1.807) is 6.08 Å². The number of hydrogen-bond acceptors (Lipinski definition) is 13. The van der Waals surface area contributed by atoms with E-state index in [0.717, 1.165) is 69.6 Å². The smallest absolute Gasteiger partial charge is 0.331 e. The maximum atomic E-state index is 12.1. The second-order valence-corrected chi connectivity index (χ2v) is 20.5. The summed E-state index contributed by atoms with van der Waals surface area (Å²) >= 11 is 0. The van der Waals surface area contributed by atoms with Gasteiger partial charge in [-0.15, -0.1) is 0 Å². The topological polar surface area (TPSA) is 136 Å². The lowest BCUT2D eigenvalue weighted by molar-refractivity contribution is -0.312. The molecule has 9 saturated heterocycles.